The molecule has 5 heteroatoms. The first-order chi connectivity index (χ1) is 10.7. The molecule has 0 unspecified atom stereocenters. The second kappa shape index (κ2) is 4.94. The van der Waals surface area contributed by atoms with E-state index in [1.807, 2.05) is 43.3 Å². The number of benzene rings is 1. The maximum absolute atomic E-state index is 12.5. The van der Waals surface area contributed by atoms with Crippen LogP contribution in [0.4, 0.5) is 0 Å². The summed E-state index contributed by atoms with van der Waals surface area (Å²) in [4.78, 5) is 17.0. The van der Waals surface area contributed by atoms with E-state index < -0.39 is 0 Å². The van der Waals surface area contributed by atoms with E-state index in [0.717, 1.165) is 18.4 Å². The molecular weight excluding hydrogens is 278 g/mol. The van der Waals surface area contributed by atoms with Crippen molar-refractivity contribution in [2.75, 3.05) is 0 Å². The quantitative estimate of drug-likeness (QED) is 0.805. The van der Waals surface area contributed by atoms with Crippen molar-refractivity contribution >= 4 is 17.0 Å². The van der Waals surface area contributed by atoms with Gasteiger partial charge >= 0.3 is 0 Å². The zero-order valence-corrected chi connectivity index (χ0v) is 12.2. The third kappa shape index (κ3) is 2.24. The predicted molar refractivity (Wildman–Crippen MR) is 82.5 cm³/mol. The predicted octanol–water partition coefficient (Wildman–Crippen LogP) is 3.09. The average Bonchev–Trinajstić information content (AvgIpc) is 3.29. The van der Waals surface area contributed by atoms with Crippen molar-refractivity contribution in [3.05, 3.63) is 47.7 Å². The first kappa shape index (κ1) is 13.0. The fourth-order valence-corrected chi connectivity index (χ4v) is 2.52. The van der Waals surface area contributed by atoms with Gasteiger partial charge in [0.05, 0.1) is 22.3 Å². The molecule has 2 heterocycles. The molecule has 1 aromatic carbocycles. The molecule has 1 aliphatic carbocycles. The van der Waals surface area contributed by atoms with Gasteiger partial charge in [-0.05, 0) is 25.8 Å². The second-order valence-corrected chi connectivity index (χ2v) is 5.62. The van der Waals surface area contributed by atoms with Gasteiger partial charge in [0, 0.05) is 11.6 Å². The van der Waals surface area contributed by atoms with Crippen LogP contribution in [-0.4, -0.2) is 22.1 Å². The van der Waals surface area contributed by atoms with Crippen LogP contribution in [0.15, 0.2) is 40.9 Å². The van der Waals surface area contributed by atoms with Gasteiger partial charge in [-0.3, -0.25) is 4.79 Å². The minimum atomic E-state index is -0.0848. The van der Waals surface area contributed by atoms with Gasteiger partial charge in [0.15, 0.2) is 0 Å². The summed E-state index contributed by atoms with van der Waals surface area (Å²) in [5.74, 6) is -0.0848. The smallest absolute Gasteiger partial charge is 0.259 e. The molecule has 5 nitrogen and oxygen atoms in total. The third-order valence-corrected chi connectivity index (χ3v) is 3.84. The van der Waals surface area contributed by atoms with E-state index in [0.29, 0.717) is 34.1 Å². The SMILES string of the molecule is Cc1noc2nc(-c3ccccc3)cc(C(=O)NC3CC3)c12. The van der Waals surface area contributed by atoms with E-state index >= 15 is 0 Å². The molecule has 0 radical (unpaired) electrons. The lowest BCUT2D eigenvalue weighted by molar-refractivity contribution is 0.0952. The normalized spacial score (nSPS) is 14.2. The minimum absolute atomic E-state index is 0.0848. The molecule has 0 atom stereocenters. The van der Waals surface area contributed by atoms with Crippen molar-refractivity contribution in [1.29, 1.82) is 0 Å². The molecule has 3 aromatic rings. The molecule has 4 rings (SSSR count). The minimum Gasteiger partial charge on any atom is -0.349 e. The van der Waals surface area contributed by atoms with Crippen molar-refractivity contribution in [2.45, 2.75) is 25.8 Å². The lowest BCUT2D eigenvalue weighted by Gasteiger charge is -2.07. The number of nitrogens with one attached hydrogen (secondary N) is 1. The number of carbonyl (C=O) groups is 1. The van der Waals surface area contributed by atoms with Gasteiger partial charge in [0.25, 0.3) is 11.6 Å². The highest BCUT2D eigenvalue weighted by Gasteiger charge is 2.26. The maximum Gasteiger partial charge on any atom is 0.259 e. The number of nitrogens with zero attached hydrogens (tertiary/aromatic N) is 2. The van der Waals surface area contributed by atoms with E-state index in [-0.39, 0.29) is 5.91 Å². The number of rotatable bonds is 3. The molecule has 1 saturated carbocycles. The Bertz CT molecular complexity index is 851. The monoisotopic (exact) mass is 293 g/mol. The molecule has 0 spiro atoms. The Labute approximate surface area is 127 Å². The lowest BCUT2D eigenvalue weighted by atomic mass is 10.1. The summed E-state index contributed by atoms with van der Waals surface area (Å²) >= 11 is 0. The van der Waals surface area contributed by atoms with Crippen molar-refractivity contribution in [3.63, 3.8) is 0 Å². The molecule has 110 valence electrons. The molecule has 22 heavy (non-hydrogen) atoms. The molecule has 1 N–H and O–H groups in total. The zero-order valence-electron chi connectivity index (χ0n) is 12.2. The summed E-state index contributed by atoms with van der Waals surface area (Å²) in [5.41, 5.74) is 3.32. The van der Waals surface area contributed by atoms with Crippen molar-refractivity contribution in [2.24, 2.45) is 0 Å². The van der Waals surface area contributed by atoms with Crippen molar-refractivity contribution in [1.82, 2.24) is 15.5 Å². The molecule has 0 bridgehead atoms. The first-order valence-electron chi connectivity index (χ1n) is 7.35. The Balaban J connectivity index is 1.88. The topological polar surface area (TPSA) is 68.0 Å². The zero-order chi connectivity index (χ0) is 15.1. The number of aryl methyl sites for hydroxylation is 1. The van der Waals surface area contributed by atoms with Gasteiger partial charge < -0.3 is 9.84 Å². The molecule has 0 aliphatic heterocycles. The van der Waals surface area contributed by atoms with Crippen LogP contribution in [0.1, 0.15) is 28.9 Å². The van der Waals surface area contributed by atoms with E-state index in [1.165, 1.54) is 0 Å². The van der Waals surface area contributed by atoms with Crippen LogP contribution in [0.2, 0.25) is 0 Å². The number of hydrogen-bond acceptors (Lipinski definition) is 4. The first-order valence-corrected chi connectivity index (χ1v) is 7.35. The summed E-state index contributed by atoms with van der Waals surface area (Å²) in [5, 5.41) is 7.67. The highest BCUT2D eigenvalue weighted by atomic mass is 16.5. The fourth-order valence-electron chi connectivity index (χ4n) is 2.52. The Morgan fingerprint density at radius 3 is 2.77 bits per heavy atom. The van der Waals surface area contributed by atoms with Gasteiger partial charge in [-0.15, -0.1) is 0 Å². The molecule has 2 aromatic heterocycles. The van der Waals surface area contributed by atoms with Crippen LogP contribution in [0, 0.1) is 6.92 Å². The van der Waals surface area contributed by atoms with Gasteiger partial charge in [-0.1, -0.05) is 35.5 Å². The van der Waals surface area contributed by atoms with E-state index in [9.17, 15) is 4.79 Å². The molecule has 0 saturated heterocycles. The fraction of sp³-hybridized carbons (Fsp3) is 0.235. The number of pyridine rings is 1. The van der Waals surface area contributed by atoms with Gasteiger partial charge in [-0.2, -0.15) is 0 Å². The summed E-state index contributed by atoms with van der Waals surface area (Å²) in [7, 11) is 0. The third-order valence-electron chi connectivity index (χ3n) is 3.84. The highest BCUT2D eigenvalue weighted by Crippen LogP contribution is 2.28. The number of carbonyl (C=O) groups excluding carboxylic acids is 1. The molecule has 1 aliphatic rings. The Morgan fingerprint density at radius 1 is 1.27 bits per heavy atom. The average molecular weight is 293 g/mol. The lowest BCUT2D eigenvalue weighted by Crippen LogP contribution is -2.25. The van der Waals surface area contributed by atoms with E-state index in [4.69, 9.17) is 4.52 Å². The van der Waals surface area contributed by atoms with Crippen LogP contribution in [0.25, 0.3) is 22.4 Å². The highest BCUT2D eigenvalue weighted by molar-refractivity contribution is 6.07. The van der Waals surface area contributed by atoms with Crippen LogP contribution in [0.5, 0.6) is 0 Å². The molecule has 1 amide bonds. The van der Waals surface area contributed by atoms with Crippen LogP contribution >= 0.6 is 0 Å². The van der Waals surface area contributed by atoms with Crippen LogP contribution in [-0.2, 0) is 0 Å². The standard InChI is InChI=1S/C17H15N3O2/c1-10-15-13(16(21)18-12-7-8-12)9-14(19-17(15)22-20-10)11-5-3-2-4-6-11/h2-6,9,12H,7-8H2,1H3,(H,18,21). The Hall–Kier alpha value is -2.69. The Kier molecular flexibility index (Phi) is 2.92. The van der Waals surface area contributed by atoms with Crippen molar-refractivity contribution in [3.8, 4) is 11.3 Å². The summed E-state index contributed by atoms with van der Waals surface area (Å²) in [6.07, 6.45) is 2.10. The number of aromatic nitrogens is 2. The number of amides is 1. The number of fused-ring (bicyclic) bond motifs is 1. The summed E-state index contributed by atoms with van der Waals surface area (Å²) in [6.45, 7) is 1.82. The molecule has 1 fully saturated rings. The Morgan fingerprint density at radius 2 is 2.05 bits per heavy atom. The van der Waals surface area contributed by atoms with Crippen molar-refractivity contribution < 1.29 is 9.32 Å². The summed E-state index contributed by atoms with van der Waals surface area (Å²) in [6, 6.07) is 11.9. The van der Waals surface area contributed by atoms with Gasteiger partial charge in [-0.25, -0.2) is 4.98 Å². The van der Waals surface area contributed by atoms with Gasteiger partial charge in [0.1, 0.15) is 0 Å². The van der Waals surface area contributed by atoms with E-state index in [1.54, 1.807) is 0 Å². The van der Waals surface area contributed by atoms with E-state index in [2.05, 4.69) is 15.5 Å². The largest absolute Gasteiger partial charge is 0.349 e. The second-order valence-electron chi connectivity index (χ2n) is 5.62. The maximum atomic E-state index is 12.5. The summed E-state index contributed by atoms with van der Waals surface area (Å²) < 4.78 is 5.28. The van der Waals surface area contributed by atoms with Gasteiger partial charge in [0.2, 0.25) is 0 Å². The van der Waals surface area contributed by atoms with Crippen LogP contribution in [0.3, 0.4) is 0 Å². The molecular formula is C17H15N3O2. The van der Waals surface area contributed by atoms with Crippen LogP contribution < -0.4 is 5.32 Å². The number of hydrogen-bond donors (Lipinski definition) is 1.